The van der Waals surface area contributed by atoms with Gasteiger partial charge < -0.3 is 14.6 Å². The first-order valence-corrected chi connectivity index (χ1v) is 7.96. The number of aromatic nitrogens is 3. The molecule has 1 aliphatic heterocycles. The summed E-state index contributed by atoms with van der Waals surface area (Å²) in [5.74, 6) is 0. The molecule has 118 valence electrons. The van der Waals surface area contributed by atoms with E-state index in [9.17, 15) is 0 Å². The number of nitrogens with one attached hydrogen (secondary N) is 1. The molecule has 1 N–H and O–H groups in total. The predicted octanol–water partition coefficient (Wildman–Crippen LogP) is 3.08. The molecule has 0 unspecified atom stereocenters. The van der Waals surface area contributed by atoms with Gasteiger partial charge in [0, 0.05) is 48.5 Å². The Morgan fingerprint density at radius 3 is 2.78 bits per heavy atom. The summed E-state index contributed by atoms with van der Waals surface area (Å²) in [6.45, 7) is 7.54. The van der Waals surface area contributed by atoms with Crippen LogP contribution in [0.15, 0.2) is 30.7 Å². The summed E-state index contributed by atoms with van der Waals surface area (Å²) in [6.07, 6.45) is 5.69. The Morgan fingerprint density at radius 2 is 2.00 bits per heavy atom. The zero-order chi connectivity index (χ0) is 15.8. The minimum absolute atomic E-state index is 0.772. The van der Waals surface area contributed by atoms with Gasteiger partial charge in [-0.2, -0.15) is 0 Å². The first kappa shape index (κ1) is 14.2. The number of rotatable bonds is 2. The predicted molar refractivity (Wildman–Crippen MR) is 91.8 cm³/mol. The third-order valence-corrected chi connectivity index (χ3v) is 4.38. The highest BCUT2D eigenvalue weighted by molar-refractivity contribution is 6.04. The summed E-state index contributed by atoms with van der Waals surface area (Å²) in [4.78, 5) is 14.7. The number of pyridine rings is 2. The van der Waals surface area contributed by atoms with Crippen LogP contribution in [0.25, 0.3) is 22.2 Å². The van der Waals surface area contributed by atoms with Gasteiger partial charge in [-0.1, -0.05) is 0 Å². The quantitative estimate of drug-likeness (QED) is 0.790. The Labute approximate surface area is 135 Å². The number of hydrogen-bond donors (Lipinski definition) is 1. The number of fused-ring (bicyclic) bond motifs is 1. The fourth-order valence-electron chi connectivity index (χ4n) is 3.34. The van der Waals surface area contributed by atoms with Crippen LogP contribution in [0, 0.1) is 13.8 Å². The van der Waals surface area contributed by atoms with Gasteiger partial charge in [-0.15, -0.1) is 0 Å². The highest BCUT2D eigenvalue weighted by Crippen LogP contribution is 2.37. The summed E-state index contributed by atoms with van der Waals surface area (Å²) in [5.41, 5.74) is 6.78. The summed E-state index contributed by atoms with van der Waals surface area (Å²) < 4.78 is 5.49. The SMILES string of the molecule is Cc1cncc(-c2c(C)[nH]c3nccc(N4CCOCC4)c23)c1. The minimum Gasteiger partial charge on any atom is -0.378 e. The smallest absolute Gasteiger partial charge is 0.140 e. The number of morpholine rings is 1. The van der Waals surface area contributed by atoms with Gasteiger partial charge >= 0.3 is 0 Å². The Morgan fingerprint density at radius 1 is 1.17 bits per heavy atom. The first-order chi connectivity index (χ1) is 11.2. The van der Waals surface area contributed by atoms with Gasteiger partial charge in [0.15, 0.2) is 0 Å². The average Bonchev–Trinajstić information content (AvgIpc) is 2.91. The van der Waals surface area contributed by atoms with Gasteiger partial charge in [0.05, 0.1) is 24.3 Å². The van der Waals surface area contributed by atoms with E-state index in [-0.39, 0.29) is 0 Å². The number of hydrogen-bond acceptors (Lipinski definition) is 4. The van der Waals surface area contributed by atoms with Crippen molar-refractivity contribution in [3.8, 4) is 11.1 Å². The van der Waals surface area contributed by atoms with E-state index in [0.29, 0.717) is 0 Å². The number of aryl methyl sites for hydroxylation is 2. The number of anilines is 1. The van der Waals surface area contributed by atoms with E-state index in [1.165, 1.54) is 16.6 Å². The molecule has 4 heterocycles. The molecule has 0 atom stereocenters. The highest BCUT2D eigenvalue weighted by atomic mass is 16.5. The van der Waals surface area contributed by atoms with Crippen LogP contribution in [-0.2, 0) is 4.74 Å². The second-order valence-electron chi connectivity index (χ2n) is 6.03. The van der Waals surface area contributed by atoms with Crippen LogP contribution in [0.3, 0.4) is 0 Å². The van der Waals surface area contributed by atoms with Crippen LogP contribution >= 0.6 is 0 Å². The Bertz CT molecular complexity index is 849. The minimum atomic E-state index is 0.772. The molecule has 4 rings (SSSR count). The second kappa shape index (κ2) is 5.66. The van der Waals surface area contributed by atoms with E-state index in [1.54, 1.807) is 0 Å². The summed E-state index contributed by atoms with van der Waals surface area (Å²) in [5, 5.41) is 1.18. The molecule has 0 radical (unpaired) electrons. The van der Waals surface area contributed by atoms with Gasteiger partial charge in [0.2, 0.25) is 0 Å². The van der Waals surface area contributed by atoms with E-state index in [1.807, 2.05) is 18.6 Å². The van der Waals surface area contributed by atoms with Crippen LogP contribution in [0.4, 0.5) is 5.69 Å². The highest BCUT2D eigenvalue weighted by Gasteiger charge is 2.20. The van der Waals surface area contributed by atoms with Crippen molar-refractivity contribution in [1.29, 1.82) is 0 Å². The first-order valence-electron chi connectivity index (χ1n) is 7.96. The number of ether oxygens (including phenoxy) is 1. The number of H-pyrrole nitrogens is 1. The third kappa shape index (κ3) is 2.47. The Hall–Kier alpha value is -2.40. The van der Waals surface area contributed by atoms with E-state index < -0.39 is 0 Å². The molecule has 0 amide bonds. The number of aromatic amines is 1. The molecule has 0 aromatic carbocycles. The average molecular weight is 308 g/mol. The maximum absolute atomic E-state index is 5.49. The standard InChI is InChI=1S/C18H20N4O/c1-12-9-14(11-19-10-12)16-13(2)21-18-17(16)15(3-4-20-18)22-5-7-23-8-6-22/h3-4,9-11H,5-8H2,1-2H3,(H,20,21). The molecule has 3 aromatic heterocycles. The third-order valence-electron chi connectivity index (χ3n) is 4.38. The Balaban J connectivity index is 1.95. The van der Waals surface area contributed by atoms with Crippen molar-refractivity contribution >= 4 is 16.7 Å². The lowest BCUT2D eigenvalue weighted by Gasteiger charge is -2.29. The summed E-state index contributed by atoms with van der Waals surface area (Å²) >= 11 is 0. The van der Waals surface area contributed by atoms with Crippen molar-refractivity contribution in [2.75, 3.05) is 31.2 Å². The molecular weight excluding hydrogens is 288 g/mol. The maximum Gasteiger partial charge on any atom is 0.140 e. The van der Waals surface area contributed by atoms with Crippen LogP contribution in [0.5, 0.6) is 0 Å². The van der Waals surface area contributed by atoms with Crippen molar-refractivity contribution in [2.24, 2.45) is 0 Å². The number of nitrogens with zero attached hydrogens (tertiary/aromatic N) is 3. The van der Waals surface area contributed by atoms with Crippen molar-refractivity contribution in [1.82, 2.24) is 15.0 Å². The molecular formula is C18H20N4O. The largest absolute Gasteiger partial charge is 0.378 e. The second-order valence-corrected chi connectivity index (χ2v) is 6.03. The van der Waals surface area contributed by atoms with Crippen LogP contribution < -0.4 is 4.90 Å². The molecule has 1 saturated heterocycles. The monoisotopic (exact) mass is 308 g/mol. The molecule has 0 spiro atoms. The lowest BCUT2D eigenvalue weighted by Crippen LogP contribution is -2.36. The van der Waals surface area contributed by atoms with E-state index in [2.05, 4.69) is 45.8 Å². The lowest BCUT2D eigenvalue weighted by molar-refractivity contribution is 0.123. The molecule has 5 nitrogen and oxygen atoms in total. The zero-order valence-electron chi connectivity index (χ0n) is 13.5. The molecule has 1 fully saturated rings. The molecule has 0 saturated carbocycles. The van der Waals surface area contributed by atoms with Gasteiger partial charge in [-0.25, -0.2) is 4.98 Å². The van der Waals surface area contributed by atoms with Crippen LogP contribution in [-0.4, -0.2) is 41.3 Å². The normalized spacial score (nSPS) is 15.3. The van der Waals surface area contributed by atoms with Crippen molar-refractivity contribution in [3.63, 3.8) is 0 Å². The molecule has 3 aromatic rings. The Kier molecular flexibility index (Phi) is 3.50. The van der Waals surface area contributed by atoms with Gasteiger partial charge in [-0.3, -0.25) is 4.98 Å². The molecule has 0 aliphatic carbocycles. The topological polar surface area (TPSA) is 54.0 Å². The maximum atomic E-state index is 5.49. The molecule has 5 heteroatoms. The fraction of sp³-hybridized carbons (Fsp3) is 0.333. The van der Waals surface area contributed by atoms with Crippen LogP contribution in [0.2, 0.25) is 0 Å². The molecule has 0 bridgehead atoms. The van der Waals surface area contributed by atoms with Crippen molar-refractivity contribution in [2.45, 2.75) is 13.8 Å². The van der Waals surface area contributed by atoms with Gasteiger partial charge in [0.25, 0.3) is 0 Å². The summed E-state index contributed by atoms with van der Waals surface area (Å²) in [7, 11) is 0. The lowest BCUT2D eigenvalue weighted by atomic mass is 10.0. The van der Waals surface area contributed by atoms with Gasteiger partial charge in [0.1, 0.15) is 5.65 Å². The van der Waals surface area contributed by atoms with E-state index in [0.717, 1.165) is 48.8 Å². The molecule has 1 aliphatic rings. The fourth-order valence-corrected chi connectivity index (χ4v) is 3.34. The zero-order valence-corrected chi connectivity index (χ0v) is 13.5. The van der Waals surface area contributed by atoms with E-state index >= 15 is 0 Å². The van der Waals surface area contributed by atoms with E-state index in [4.69, 9.17) is 4.74 Å². The molecule has 23 heavy (non-hydrogen) atoms. The van der Waals surface area contributed by atoms with Gasteiger partial charge in [-0.05, 0) is 31.5 Å². The van der Waals surface area contributed by atoms with Crippen LogP contribution in [0.1, 0.15) is 11.3 Å². The van der Waals surface area contributed by atoms with Crippen molar-refractivity contribution in [3.05, 3.63) is 42.0 Å². The summed E-state index contributed by atoms with van der Waals surface area (Å²) in [6, 6.07) is 4.28. The van der Waals surface area contributed by atoms with Crippen molar-refractivity contribution < 1.29 is 4.74 Å².